The van der Waals surface area contributed by atoms with Gasteiger partial charge < -0.3 is 15.8 Å². The number of pyridine rings is 1. The molecule has 17 heavy (non-hydrogen) atoms. The van der Waals surface area contributed by atoms with Gasteiger partial charge in [-0.1, -0.05) is 6.07 Å². The standard InChI is InChI=1S/C12H19N3O2/c1-12(2,8-13)11(16)15-7-9-4-5-10(17-3)14-6-9/h4-6H,7-8,13H2,1-3H3,(H,15,16). The molecule has 5 heteroatoms. The number of nitrogens with one attached hydrogen (secondary N) is 1. The fourth-order valence-electron chi connectivity index (χ4n) is 1.15. The minimum atomic E-state index is -0.542. The van der Waals surface area contributed by atoms with Gasteiger partial charge in [0, 0.05) is 25.4 Å². The van der Waals surface area contributed by atoms with Crippen molar-refractivity contribution in [2.45, 2.75) is 20.4 Å². The summed E-state index contributed by atoms with van der Waals surface area (Å²) in [5, 5.41) is 2.83. The summed E-state index contributed by atoms with van der Waals surface area (Å²) in [6, 6.07) is 3.62. The van der Waals surface area contributed by atoms with Crippen LogP contribution in [0.2, 0.25) is 0 Å². The number of nitrogens with two attached hydrogens (primary N) is 1. The molecule has 5 nitrogen and oxygen atoms in total. The van der Waals surface area contributed by atoms with Gasteiger partial charge in [0.05, 0.1) is 12.5 Å². The first-order chi connectivity index (χ1) is 7.99. The Morgan fingerprint density at radius 2 is 2.24 bits per heavy atom. The lowest BCUT2D eigenvalue weighted by molar-refractivity contribution is -0.129. The van der Waals surface area contributed by atoms with Crippen LogP contribution in [-0.2, 0) is 11.3 Å². The lowest BCUT2D eigenvalue weighted by atomic mass is 9.93. The van der Waals surface area contributed by atoms with Gasteiger partial charge in [0.15, 0.2) is 0 Å². The number of aromatic nitrogens is 1. The minimum Gasteiger partial charge on any atom is -0.481 e. The first-order valence-electron chi connectivity index (χ1n) is 5.47. The van der Waals surface area contributed by atoms with Crippen molar-refractivity contribution in [2.24, 2.45) is 11.1 Å². The van der Waals surface area contributed by atoms with Crippen LogP contribution in [0, 0.1) is 5.41 Å². The van der Waals surface area contributed by atoms with Gasteiger partial charge in [0.1, 0.15) is 0 Å². The lowest BCUT2D eigenvalue weighted by Gasteiger charge is -2.21. The molecule has 1 aromatic heterocycles. The zero-order chi connectivity index (χ0) is 12.9. The molecule has 1 heterocycles. The molecule has 1 amide bonds. The van der Waals surface area contributed by atoms with Crippen molar-refractivity contribution in [1.29, 1.82) is 0 Å². The van der Waals surface area contributed by atoms with Crippen molar-refractivity contribution in [3.63, 3.8) is 0 Å². The second kappa shape index (κ2) is 5.63. The van der Waals surface area contributed by atoms with E-state index in [0.717, 1.165) is 5.56 Å². The van der Waals surface area contributed by atoms with Gasteiger partial charge in [-0.15, -0.1) is 0 Å². The third-order valence-corrected chi connectivity index (χ3v) is 2.58. The average molecular weight is 237 g/mol. The second-order valence-corrected chi connectivity index (χ2v) is 4.48. The quantitative estimate of drug-likeness (QED) is 0.790. The Labute approximate surface area is 101 Å². The van der Waals surface area contributed by atoms with Crippen LogP contribution in [0.1, 0.15) is 19.4 Å². The van der Waals surface area contributed by atoms with E-state index in [9.17, 15) is 4.79 Å². The van der Waals surface area contributed by atoms with Crippen molar-refractivity contribution in [3.8, 4) is 5.88 Å². The summed E-state index contributed by atoms with van der Waals surface area (Å²) in [5.41, 5.74) is 5.91. The molecule has 0 aromatic carbocycles. The molecule has 0 unspecified atom stereocenters. The maximum absolute atomic E-state index is 11.8. The molecule has 0 aliphatic heterocycles. The Kier molecular flexibility index (Phi) is 4.45. The van der Waals surface area contributed by atoms with Crippen molar-refractivity contribution >= 4 is 5.91 Å². The molecular weight excluding hydrogens is 218 g/mol. The van der Waals surface area contributed by atoms with Crippen LogP contribution in [0.15, 0.2) is 18.3 Å². The minimum absolute atomic E-state index is 0.0594. The predicted octanol–water partition coefficient (Wildman–Crippen LogP) is 0.691. The van der Waals surface area contributed by atoms with Gasteiger partial charge >= 0.3 is 0 Å². The Morgan fingerprint density at radius 3 is 2.71 bits per heavy atom. The first kappa shape index (κ1) is 13.4. The second-order valence-electron chi connectivity index (χ2n) is 4.48. The van der Waals surface area contributed by atoms with E-state index in [1.807, 2.05) is 19.9 Å². The van der Waals surface area contributed by atoms with E-state index in [1.165, 1.54) is 0 Å². The van der Waals surface area contributed by atoms with E-state index in [2.05, 4.69) is 10.3 Å². The van der Waals surface area contributed by atoms with Gasteiger partial charge in [-0.25, -0.2) is 4.98 Å². The molecular formula is C12H19N3O2. The summed E-state index contributed by atoms with van der Waals surface area (Å²) in [5.74, 6) is 0.498. The number of amides is 1. The Bertz CT molecular complexity index is 374. The van der Waals surface area contributed by atoms with E-state index in [0.29, 0.717) is 19.0 Å². The number of carbonyl (C=O) groups excluding carboxylic acids is 1. The Morgan fingerprint density at radius 1 is 1.53 bits per heavy atom. The van der Waals surface area contributed by atoms with Crippen molar-refractivity contribution in [3.05, 3.63) is 23.9 Å². The highest BCUT2D eigenvalue weighted by Gasteiger charge is 2.25. The van der Waals surface area contributed by atoms with E-state index >= 15 is 0 Å². The van der Waals surface area contributed by atoms with Crippen LogP contribution >= 0.6 is 0 Å². The van der Waals surface area contributed by atoms with Gasteiger partial charge in [-0.05, 0) is 19.4 Å². The molecule has 0 radical (unpaired) electrons. The summed E-state index contributed by atoms with van der Waals surface area (Å²) in [4.78, 5) is 15.8. The fourth-order valence-corrected chi connectivity index (χ4v) is 1.15. The molecule has 0 saturated carbocycles. The predicted molar refractivity (Wildman–Crippen MR) is 65.5 cm³/mol. The third kappa shape index (κ3) is 3.71. The normalized spacial score (nSPS) is 11.1. The average Bonchev–Trinajstić information content (AvgIpc) is 2.36. The summed E-state index contributed by atoms with van der Waals surface area (Å²) in [7, 11) is 1.56. The smallest absolute Gasteiger partial charge is 0.227 e. The van der Waals surface area contributed by atoms with Crippen LogP contribution in [0.5, 0.6) is 5.88 Å². The first-order valence-corrected chi connectivity index (χ1v) is 5.47. The SMILES string of the molecule is COc1ccc(CNC(=O)C(C)(C)CN)cn1. The summed E-state index contributed by atoms with van der Waals surface area (Å²) in [6.07, 6.45) is 1.68. The number of carbonyl (C=O) groups is 1. The zero-order valence-electron chi connectivity index (χ0n) is 10.5. The number of hydrogen-bond donors (Lipinski definition) is 2. The fraction of sp³-hybridized carbons (Fsp3) is 0.500. The Balaban J connectivity index is 2.53. The molecule has 94 valence electrons. The molecule has 0 bridgehead atoms. The molecule has 0 saturated heterocycles. The highest BCUT2D eigenvalue weighted by Crippen LogP contribution is 2.13. The van der Waals surface area contributed by atoms with Gasteiger partial charge in [-0.2, -0.15) is 0 Å². The summed E-state index contributed by atoms with van der Waals surface area (Å²) < 4.78 is 4.95. The van der Waals surface area contributed by atoms with Gasteiger partial charge in [-0.3, -0.25) is 4.79 Å². The van der Waals surface area contributed by atoms with Crippen LogP contribution < -0.4 is 15.8 Å². The monoisotopic (exact) mass is 237 g/mol. The van der Waals surface area contributed by atoms with Crippen LogP contribution in [0.25, 0.3) is 0 Å². The number of ether oxygens (including phenoxy) is 1. The zero-order valence-corrected chi connectivity index (χ0v) is 10.5. The molecule has 0 atom stereocenters. The van der Waals surface area contributed by atoms with Gasteiger partial charge in [0.25, 0.3) is 0 Å². The van der Waals surface area contributed by atoms with E-state index in [1.54, 1.807) is 19.4 Å². The summed E-state index contributed by atoms with van der Waals surface area (Å²) in [6.45, 7) is 4.39. The molecule has 0 aliphatic carbocycles. The van der Waals surface area contributed by atoms with Crippen LogP contribution in [-0.4, -0.2) is 24.5 Å². The lowest BCUT2D eigenvalue weighted by Crippen LogP contribution is -2.41. The molecule has 3 N–H and O–H groups in total. The van der Waals surface area contributed by atoms with Crippen molar-refractivity contribution in [2.75, 3.05) is 13.7 Å². The van der Waals surface area contributed by atoms with Crippen molar-refractivity contribution < 1.29 is 9.53 Å². The molecule has 0 aliphatic rings. The number of nitrogens with zero attached hydrogens (tertiary/aromatic N) is 1. The maximum atomic E-state index is 11.8. The number of hydrogen-bond acceptors (Lipinski definition) is 4. The topological polar surface area (TPSA) is 77.2 Å². The van der Waals surface area contributed by atoms with Crippen LogP contribution in [0.3, 0.4) is 0 Å². The maximum Gasteiger partial charge on any atom is 0.227 e. The number of rotatable bonds is 5. The van der Waals surface area contributed by atoms with Gasteiger partial charge in [0.2, 0.25) is 11.8 Å². The summed E-state index contributed by atoms with van der Waals surface area (Å²) >= 11 is 0. The largest absolute Gasteiger partial charge is 0.481 e. The van der Waals surface area contributed by atoms with E-state index in [4.69, 9.17) is 10.5 Å². The highest BCUT2D eigenvalue weighted by atomic mass is 16.5. The molecule has 0 spiro atoms. The molecule has 1 rings (SSSR count). The van der Waals surface area contributed by atoms with Crippen LogP contribution in [0.4, 0.5) is 0 Å². The molecule has 0 fully saturated rings. The Hall–Kier alpha value is -1.62. The highest BCUT2D eigenvalue weighted by molar-refractivity contribution is 5.81. The van der Waals surface area contributed by atoms with Crippen molar-refractivity contribution in [1.82, 2.24) is 10.3 Å². The molecule has 1 aromatic rings. The number of methoxy groups -OCH3 is 1. The van der Waals surface area contributed by atoms with E-state index < -0.39 is 5.41 Å². The van der Waals surface area contributed by atoms with E-state index in [-0.39, 0.29) is 5.91 Å². The third-order valence-electron chi connectivity index (χ3n) is 2.58.